The van der Waals surface area contributed by atoms with E-state index < -0.39 is 24.3 Å². The van der Waals surface area contributed by atoms with Crippen LogP contribution in [-0.2, 0) is 33.3 Å². The lowest BCUT2D eigenvalue weighted by Crippen LogP contribution is -2.44. The first kappa shape index (κ1) is 68.2. The van der Waals surface area contributed by atoms with E-state index in [1.807, 2.05) is 21.1 Å². The van der Waals surface area contributed by atoms with Crippen LogP contribution in [0.3, 0.4) is 0 Å². The molecule has 0 aromatic heterocycles. The van der Waals surface area contributed by atoms with E-state index in [4.69, 9.17) is 18.9 Å². The van der Waals surface area contributed by atoms with Crippen LogP contribution < -0.4 is 5.11 Å². The van der Waals surface area contributed by atoms with E-state index in [-0.39, 0.29) is 38.6 Å². The molecule has 2 atom stereocenters. The number of aliphatic carboxylic acids is 1. The van der Waals surface area contributed by atoms with Crippen LogP contribution in [0.2, 0.25) is 0 Å². The minimum absolute atomic E-state index is 0.132. The van der Waals surface area contributed by atoms with E-state index in [9.17, 15) is 19.5 Å². The first-order chi connectivity index (χ1) is 35.6. The van der Waals surface area contributed by atoms with Gasteiger partial charge in [0.15, 0.2) is 12.4 Å². The van der Waals surface area contributed by atoms with Gasteiger partial charge in [0.05, 0.1) is 40.3 Å². The third kappa shape index (κ3) is 54.8. The SMILES string of the molecule is CC/C=C\C/C=C\C/C=C\C/C=C\C/C=C\C/C=C\C/C=C\C/C=C\C/C=C\CCCCCCCC(=O)OC(COC(=O)CCCCCCC/C=C\C/C=C\C/C=C\CC)COC(OCC[N+](C)(C)C)C(=O)[O-]. The Morgan fingerprint density at radius 3 is 1.10 bits per heavy atom. The van der Waals surface area contributed by atoms with Gasteiger partial charge in [-0.3, -0.25) is 9.59 Å². The Kier molecular flexibility index (Phi) is 49.9. The highest BCUT2D eigenvalue weighted by Gasteiger charge is 2.22. The molecule has 0 saturated heterocycles. The van der Waals surface area contributed by atoms with E-state index in [1.54, 1.807) is 0 Å². The van der Waals surface area contributed by atoms with Gasteiger partial charge < -0.3 is 33.3 Å². The molecular weight excluding hydrogens is 911 g/mol. The molecule has 73 heavy (non-hydrogen) atoms. The van der Waals surface area contributed by atoms with Crippen molar-refractivity contribution in [3.05, 3.63) is 146 Å². The number of rotatable bonds is 49. The van der Waals surface area contributed by atoms with Gasteiger partial charge >= 0.3 is 11.9 Å². The van der Waals surface area contributed by atoms with Crippen molar-refractivity contribution in [3.63, 3.8) is 0 Å². The summed E-state index contributed by atoms with van der Waals surface area (Å²) in [5.74, 6) is -2.36. The highest BCUT2D eigenvalue weighted by atomic mass is 16.7. The Labute approximate surface area is 445 Å². The highest BCUT2D eigenvalue weighted by Crippen LogP contribution is 2.12. The molecule has 0 radical (unpaired) electrons. The number of carboxylic acid groups (broad SMARTS) is 1. The molecule has 0 heterocycles. The number of allylic oxidation sites excluding steroid dienone is 24. The summed E-state index contributed by atoms with van der Waals surface area (Å²) in [4.78, 5) is 37.2. The Balaban J connectivity index is 4.34. The van der Waals surface area contributed by atoms with E-state index in [0.717, 1.165) is 141 Å². The summed E-state index contributed by atoms with van der Waals surface area (Å²) in [7, 11) is 5.89. The van der Waals surface area contributed by atoms with E-state index in [1.165, 1.54) is 0 Å². The van der Waals surface area contributed by atoms with Gasteiger partial charge in [0.2, 0.25) is 0 Å². The summed E-state index contributed by atoms with van der Waals surface area (Å²) in [6, 6.07) is 0. The van der Waals surface area contributed by atoms with Gasteiger partial charge in [-0.15, -0.1) is 0 Å². The first-order valence-electron chi connectivity index (χ1n) is 28.0. The number of carbonyl (C=O) groups excluding carboxylic acids is 3. The van der Waals surface area contributed by atoms with Crippen molar-refractivity contribution in [1.82, 2.24) is 0 Å². The molecule has 0 N–H and O–H groups in total. The van der Waals surface area contributed by atoms with Crippen molar-refractivity contribution in [2.45, 2.75) is 193 Å². The number of hydrogen-bond acceptors (Lipinski definition) is 8. The average molecular weight is 1010 g/mol. The van der Waals surface area contributed by atoms with Gasteiger partial charge in [-0.05, 0) is 116 Å². The normalized spacial score (nSPS) is 13.9. The number of ether oxygens (including phenoxy) is 4. The quantitative estimate of drug-likeness (QED) is 0.0195. The minimum Gasteiger partial charge on any atom is -0.545 e. The van der Waals surface area contributed by atoms with Crippen molar-refractivity contribution in [3.8, 4) is 0 Å². The molecule has 0 aliphatic heterocycles. The van der Waals surface area contributed by atoms with Gasteiger partial charge in [-0.25, -0.2) is 0 Å². The number of quaternary nitrogens is 1. The predicted molar refractivity (Wildman–Crippen MR) is 306 cm³/mol. The molecule has 0 saturated carbocycles. The summed E-state index contributed by atoms with van der Waals surface area (Å²) < 4.78 is 22.6. The summed E-state index contributed by atoms with van der Waals surface area (Å²) in [5.41, 5.74) is 0. The molecular formula is C64H101NO8. The van der Waals surface area contributed by atoms with Crippen LogP contribution in [0.1, 0.15) is 181 Å². The third-order valence-corrected chi connectivity index (χ3v) is 11.1. The molecule has 9 heteroatoms. The largest absolute Gasteiger partial charge is 0.545 e. The molecule has 2 unspecified atom stereocenters. The Morgan fingerprint density at radius 2 is 0.740 bits per heavy atom. The van der Waals surface area contributed by atoms with Crippen LogP contribution in [0.25, 0.3) is 0 Å². The maximum Gasteiger partial charge on any atom is 0.306 e. The molecule has 0 aromatic rings. The lowest BCUT2D eigenvalue weighted by molar-refractivity contribution is -0.870. The number of carbonyl (C=O) groups is 3. The standard InChI is InChI=1S/C64H101NO8/c1-6-8-10-12-14-16-18-20-22-23-24-25-26-27-28-29-30-31-32-33-34-35-36-37-38-39-41-43-45-47-49-51-53-55-62(67)73-60(59-72-64(63(68)69)70-57-56-65(3,4)5)58-71-61(66)54-52-50-48-46-44-42-40-21-19-17-15-13-11-9-7-2/h8-11,14-17,20-22,24-25,27-28,30-31,33-34,36-37,39-41,60,64H,6-7,12-13,18-19,23,26,29,32,35,38,42-59H2,1-5H3/b10-8-,11-9-,16-14-,17-15-,22-20-,25-24-,28-27-,31-30-,34-33-,37-36-,40-21-,41-39-. The summed E-state index contributed by atoms with van der Waals surface area (Å²) in [6.07, 6.45) is 74.6. The zero-order valence-corrected chi connectivity index (χ0v) is 46.4. The van der Waals surface area contributed by atoms with Crippen molar-refractivity contribution >= 4 is 17.9 Å². The first-order valence-corrected chi connectivity index (χ1v) is 28.0. The highest BCUT2D eigenvalue weighted by molar-refractivity contribution is 5.70. The van der Waals surface area contributed by atoms with Crippen LogP contribution in [0, 0.1) is 0 Å². The molecule has 410 valence electrons. The molecule has 0 rings (SSSR count). The fourth-order valence-corrected chi connectivity index (χ4v) is 6.83. The van der Waals surface area contributed by atoms with Gasteiger partial charge in [-0.2, -0.15) is 0 Å². The fourth-order valence-electron chi connectivity index (χ4n) is 6.83. The van der Waals surface area contributed by atoms with E-state index in [0.29, 0.717) is 23.9 Å². The summed E-state index contributed by atoms with van der Waals surface area (Å²) in [5, 5.41) is 11.8. The van der Waals surface area contributed by atoms with Crippen molar-refractivity contribution in [2.24, 2.45) is 0 Å². The lowest BCUT2D eigenvalue weighted by Gasteiger charge is -2.26. The van der Waals surface area contributed by atoms with Gasteiger partial charge in [0, 0.05) is 12.8 Å². The molecule has 0 amide bonds. The summed E-state index contributed by atoms with van der Waals surface area (Å²) >= 11 is 0. The summed E-state index contributed by atoms with van der Waals surface area (Å²) in [6.45, 7) is 4.44. The molecule has 0 fully saturated rings. The smallest absolute Gasteiger partial charge is 0.306 e. The van der Waals surface area contributed by atoms with Crippen LogP contribution >= 0.6 is 0 Å². The molecule has 0 aliphatic rings. The predicted octanol–water partition coefficient (Wildman–Crippen LogP) is 15.1. The second kappa shape index (κ2) is 53.5. The average Bonchev–Trinajstić information content (AvgIpc) is 3.36. The van der Waals surface area contributed by atoms with E-state index in [2.05, 4.69) is 160 Å². The van der Waals surface area contributed by atoms with Crippen LogP contribution in [-0.4, -0.2) is 82.3 Å². The number of hydrogen-bond donors (Lipinski definition) is 0. The van der Waals surface area contributed by atoms with E-state index >= 15 is 0 Å². The number of unbranched alkanes of at least 4 members (excludes halogenated alkanes) is 10. The van der Waals surface area contributed by atoms with Crippen molar-refractivity contribution in [1.29, 1.82) is 0 Å². The van der Waals surface area contributed by atoms with Crippen LogP contribution in [0.4, 0.5) is 0 Å². The van der Waals surface area contributed by atoms with Crippen LogP contribution in [0.15, 0.2) is 146 Å². The van der Waals surface area contributed by atoms with Gasteiger partial charge in [0.1, 0.15) is 13.2 Å². The number of esters is 2. The third-order valence-electron chi connectivity index (χ3n) is 11.1. The van der Waals surface area contributed by atoms with Crippen LogP contribution in [0.5, 0.6) is 0 Å². The lowest BCUT2D eigenvalue weighted by atomic mass is 10.1. The Bertz CT molecular complexity index is 1700. The molecule has 0 spiro atoms. The number of likely N-dealkylation sites (N-methyl/N-ethyl adjacent to an activating group) is 1. The Morgan fingerprint density at radius 1 is 0.411 bits per heavy atom. The second-order valence-electron chi connectivity index (χ2n) is 19.1. The second-order valence-corrected chi connectivity index (χ2v) is 19.1. The molecule has 0 bridgehead atoms. The fraction of sp³-hybridized carbons (Fsp3) is 0.578. The van der Waals surface area contributed by atoms with Gasteiger partial charge in [-0.1, -0.05) is 198 Å². The number of nitrogens with zero attached hydrogens (tertiary/aromatic N) is 1. The minimum atomic E-state index is -1.64. The molecule has 0 aromatic carbocycles. The molecule has 0 aliphatic carbocycles. The maximum atomic E-state index is 12.8. The Hall–Kier alpha value is -4.83. The zero-order valence-electron chi connectivity index (χ0n) is 46.4. The monoisotopic (exact) mass is 1010 g/mol. The maximum absolute atomic E-state index is 12.8. The van der Waals surface area contributed by atoms with Crippen molar-refractivity contribution in [2.75, 3.05) is 47.5 Å². The number of carboxylic acids is 1. The van der Waals surface area contributed by atoms with Gasteiger partial charge in [0.25, 0.3) is 0 Å². The van der Waals surface area contributed by atoms with Crippen molar-refractivity contribution < 1.29 is 42.9 Å². The molecule has 9 nitrogen and oxygen atoms in total. The zero-order chi connectivity index (χ0) is 53.4. The topological polar surface area (TPSA) is 111 Å².